The summed E-state index contributed by atoms with van der Waals surface area (Å²) in [5.74, 6) is -1.75. The molecular formula is C10H15NO5. The van der Waals surface area contributed by atoms with Gasteiger partial charge in [-0.3, -0.25) is 4.79 Å². The molecule has 16 heavy (non-hydrogen) atoms. The van der Waals surface area contributed by atoms with Crippen LogP contribution in [0.25, 0.3) is 0 Å². The van der Waals surface area contributed by atoms with Crippen molar-refractivity contribution in [2.45, 2.75) is 12.5 Å². The zero-order valence-corrected chi connectivity index (χ0v) is 8.83. The molecule has 0 aromatic carbocycles. The summed E-state index contributed by atoms with van der Waals surface area (Å²) >= 11 is 0. The number of carboxylic acids is 1. The van der Waals surface area contributed by atoms with Gasteiger partial charge in [0, 0.05) is 13.1 Å². The van der Waals surface area contributed by atoms with Crippen LogP contribution in [0.15, 0.2) is 12.7 Å². The normalized spacial score (nSPS) is 24.9. The largest absolute Gasteiger partial charge is 0.481 e. The Balaban J connectivity index is 2.56. The predicted molar refractivity (Wildman–Crippen MR) is 54.9 cm³/mol. The molecule has 6 nitrogen and oxygen atoms in total. The molecule has 0 radical (unpaired) electrons. The summed E-state index contributed by atoms with van der Waals surface area (Å²) in [7, 11) is 0. The minimum atomic E-state index is -1.01. The van der Waals surface area contributed by atoms with Crippen LogP contribution in [-0.2, 0) is 9.53 Å². The third-order valence-corrected chi connectivity index (χ3v) is 2.36. The molecular weight excluding hydrogens is 214 g/mol. The van der Waals surface area contributed by atoms with Crippen LogP contribution < -0.4 is 0 Å². The fourth-order valence-electron chi connectivity index (χ4n) is 1.62. The highest BCUT2D eigenvalue weighted by Gasteiger charge is 2.33. The van der Waals surface area contributed by atoms with E-state index in [0.717, 1.165) is 0 Å². The van der Waals surface area contributed by atoms with Crippen LogP contribution in [-0.4, -0.2) is 53.0 Å². The number of aliphatic hydroxyl groups is 1. The van der Waals surface area contributed by atoms with Crippen molar-refractivity contribution in [1.29, 1.82) is 0 Å². The summed E-state index contributed by atoms with van der Waals surface area (Å²) in [6, 6.07) is 0. The molecule has 1 rings (SSSR count). The molecule has 0 bridgehead atoms. The number of carbonyl (C=O) groups is 2. The molecule has 2 unspecified atom stereocenters. The topological polar surface area (TPSA) is 87.1 Å². The molecule has 0 aromatic rings. The van der Waals surface area contributed by atoms with Crippen molar-refractivity contribution in [2.75, 3.05) is 19.7 Å². The molecule has 1 amide bonds. The average Bonchev–Trinajstić information content (AvgIpc) is 2.24. The number of hydrogen-bond donors (Lipinski definition) is 2. The van der Waals surface area contributed by atoms with E-state index in [1.165, 1.54) is 11.0 Å². The number of rotatable bonds is 3. The molecule has 1 saturated heterocycles. The number of aliphatic carboxylic acids is 1. The lowest BCUT2D eigenvalue weighted by atomic mass is 9.96. The van der Waals surface area contributed by atoms with Gasteiger partial charge in [-0.2, -0.15) is 0 Å². The van der Waals surface area contributed by atoms with Gasteiger partial charge in [0.05, 0.1) is 12.0 Å². The number of amides is 1. The Hall–Kier alpha value is -1.56. The lowest BCUT2D eigenvalue weighted by Gasteiger charge is -2.32. The molecule has 2 N–H and O–H groups in total. The van der Waals surface area contributed by atoms with Crippen LogP contribution in [0.5, 0.6) is 0 Å². The van der Waals surface area contributed by atoms with Crippen molar-refractivity contribution in [3.8, 4) is 0 Å². The monoisotopic (exact) mass is 229 g/mol. The third-order valence-electron chi connectivity index (χ3n) is 2.36. The molecule has 2 atom stereocenters. The second-order valence-electron chi connectivity index (χ2n) is 3.70. The van der Waals surface area contributed by atoms with E-state index in [9.17, 15) is 14.7 Å². The van der Waals surface area contributed by atoms with Gasteiger partial charge in [-0.25, -0.2) is 4.79 Å². The van der Waals surface area contributed by atoms with Crippen molar-refractivity contribution in [2.24, 2.45) is 5.92 Å². The van der Waals surface area contributed by atoms with Crippen LogP contribution >= 0.6 is 0 Å². The van der Waals surface area contributed by atoms with Gasteiger partial charge in [-0.15, -0.1) is 0 Å². The first-order chi connectivity index (χ1) is 7.54. The van der Waals surface area contributed by atoms with Gasteiger partial charge in [-0.05, 0) is 6.42 Å². The zero-order valence-electron chi connectivity index (χ0n) is 8.83. The van der Waals surface area contributed by atoms with Gasteiger partial charge >= 0.3 is 12.1 Å². The van der Waals surface area contributed by atoms with Crippen molar-refractivity contribution >= 4 is 12.1 Å². The van der Waals surface area contributed by atoms with Crippen LogP contribution in [0.2, 0.25) is 0 Å². The number of nitrogens with zero attached hydrogens (tertiary/aromatic N) is 1. The molecule has 6 heteroatoms. The maximum Gasteiger partial charge on any atom is 0.410 e. The molecule has 1 fully saturated rings. The van der Waals surface area contributed by atoms with Crippen LogP contribution in [0.1, 0.15) is 6.42 Å². The molecule has 90 valence electrons. The van der Waals surface area contributed by atoms with E-state index in [0.29, 0.717) is 0 Å². The van der Waals surface area contributed by atoms with Gasteiger partial charge in [0.2, 0.25) is 0 Å². The fourth-order valence-corrected chi connectivity index (χ4v) is 1.62. The number of piperidine rings is 1. The first-order valence-corrected chi connectivity index (χ1v) is 4.98. The number of likely N-dealkylation sites (tertiary alicyclic amines) is 1. The Bertz CT molecular complexity index is 291. The summed E-state index contributed by atoms with van der Waals surface area (Å²) in [4.78, 5) is 23.4. The minimum absolute atomic E-state index is 0.0718. The molecule has 1 aliphatic rings. The SMILES string of the molecule is C=CCOC(=O)N1CC(O)CC(C(=O)O)C1. The Labute approximate surface area is 93.1 Å². The van der Waals surface area contributed by atoms with Crippen molar-refractivity contribution < 1.29 is 24.5 Å². The van der Waals surface area contributed by atoms with Crippen LogP contribution in [0, 0.1) is 5.92 Å². The van der Waals surface area contributed by atoms with Gasteiger partial charge in [0.15, 0.2) is 0 Å². The number of ether oxygens (including phenoxy) is 1. The molecule has 0 aliphatic carbocycles. The maximum atomic E-state index is 11.4. The smallest absolute Gasteiger partial charge is 0.410 e. The molecule has 0 saturated carbocycles. The second kappa shape index (κ2) is 5.50. The van der Waals surface area contributed by atoms with Gasteiger partial charge in [0.25, 0.3) is 0 Å². The van der Waals surface area contributed by atoms with Gasteiger partial charge in [-0.1, -0.05) is 12.7 Å². The van der Waals surface area contributed by atoms with E-state index in [1.807, 2.05) is 0 Å². The molecule has 1 heterocycles. The van der Waals surface area contributed by atoms with Gasteiger partial charge in [0.1, 0.15) is 6.61 Å². The summed E-state index contributed by atoms with van der Waals surface area (Å²) in [5.41, 5.74) is 0. The summed E-state index contributed by atoms with van der Waals surface area (Å²) in [6.45, 7) is 3.65. The number of carbonyl (C=O) groups excluding carboxylic acids is 1. The van der Waals surface area contributed by atoms with E-state index in [-0.39, 0.29) is 26.1 Å². The Morgan fingerprint density at radius 1 is 1.50 bits per heavy atom. The first kappa shape index (κ1) is 12.5. The highest BCUT2D eigenvalue weighted by molar-refractivity contribution is 5.73. The van der Waals surface area contributed by atoms with Crippen LogP contribution in [0.4, 0.5) is 4.79 Å². The fraction of sp³-hybridized carbons (Fsp3) is 0.600. The number of aliphatic hydroxyl groups excluding tert-OH is 1. The Kier molecular flexibility index (Phi) is 4.30. The molecule has 0 aromatic heterocycles. The third kappa shape index (κ3) is 3.23. The van der Waals surface area contributed by atoms with Crippen molar-refractivity contribution in [3.63, 3.8) is 0 Å². The zero-order chi connectivity index (χ0) is 12.1. The Morgan fingerprint density at radius 2 is 2.19 bits per heavy atom. The van der Waals surface area contributed by atoms with Crippen molar-refractivity contribution in [1.82, 2.24) is 4.90 Å². The number of carboxylic acid groups (broad SMARTS) is 1. The van der Waals surface area contributed by atoms with E-state index >= 15 is 0 Å². The minimum Gasteiger partial charge on any atom is -0.481 e. The highest BCUT2D eigenvalue weighted by atomic mass is 16.6. The lowest BCUT2D eigenvalue weighted by molar-refractivity contribution is -0.145. The lowest BCUT2D eigenvalue weighted by Crippen LogP contribution is -2.48. The maximum absolute atomic E-state index is 11.4. The number of β-amino-alcohol motifs (C(OH)–C–C–N with tert-alkyl or cyclic N) is 1. The summed E-state index contributed by atoms with van der Waals surface area (Å²) < 4.78 is 4.77. The highest BCUT2D eigenvalue weighted by Crippen LogP contribution is 2.17. The average molecular weight is 229 g/mol. The summed E-state index contributed by atoms with van der Waals surface area (Å²) in [6.07, 6.45) is 0.157. The standard InChI is InChI=1S/C10H15NO5/c1-2-3-16-10(15)11-5-7(9(13)14)4-8(12)6-11/h2,7-8,12H,1,3-6H2,(H,13,14). The molecule has 0 spiro atoms. The number of hydrogen-bond acceptors (Lipinski definition) is 4. The summed E-state index contributed by atoms with van der Waals surface area (Å²) in [5, 5.41) is 18.3. The van der Waals surface area contributed by atoms with E-state index in [4.69, 9.17) is 9.84 Å². The quantitative estimate of drug-likeness (QED) is 0.669. The van der Waals surface area contributed by atoms with Crippen LogP contribution in [0.3, 0.4) is 0 Å². The molecule has 1 aliphatic heterocycles. The Morgan fingerprint density at radius 3 is 2.75 bits per heavy atom. The van der Waals surface area contributed by atoms with E-state index in [1.54, 1.807) is 0 Å². The van der Waals surface area contributed by atoms with E-state index < -0.39 is 24.1 Å². The van der Waals surface area contributed by atoms with Gasteiger partial charge < -0.3 is 19.8 Å². The van der Waals surface area contributed by atoms with E-state index in [2.05, 4.69) is 6.58 Å². The van der Waals surface area contributed by atoms with Crippen molar-refractivity contribution in [3.05, 3.63) is 12.7 Å². The second-order valence-corrected chi connectivity index (χ2v) is 3.70. The first-order valence-electron chi connectivity index (χ1n) is 4.98. The predicted octanol–water partition coefficient (Wildman–Crippen LogP) is 0.0764.